The molecule has 1 rings (SSSR count). The average Bonchev–Trinajstić information content (AvgIpc) is 2.05. The first kappa shape index (κ1) is 9.11. The van der Waals surface area contributed by atoms with Gasteiger partial charge in [0.05, 0.1) is 4.90 Å². The van der Waals surface area contributed by atoms with Gasteiger partial charge in [-0.25, -0.2) is 8.60 Å². The molecule has 0 heterocycles. The molecule has 0 fully saturated rings. The van der Waals surface area contributed by atoms with Crippen molar-refractivity contribution < 1.29 is 18.0 Å². The second-order valence-corrected chi connectivity index (χ2v) is 2.93. The summed E-state index contributed by atoms with van der Waals surface area (Å²) in [5, 5.41) is 0. The van der Waals surface area contributed by atoms with E-state index < -0.39 is 16.9 Å². The molecule has 0 bridgehead atoms. The highest BCUT2D eigenvalue weighted by molar-refractivity contribution is 7.79. The standard InChI is InChI=1S/C6H6FNO3S/c7-5-2-1-4(12(9)10)3-6(5)11-8/h1-3H,8H2,(H,9,10). The molecule has 0 aliphatic heterocycles. The molecule has 0 radical (unpaired) electrons. The average molecular weight is 191 g/mol. The van der Waals surface area contributed by atoms with E-state index in [-0.39, 0.29) is 10.6 Å². The van der Waals surface area contributed by atoms with Crippen molar-refractivity contribution in [1.29, 1.82) is 0 Å². The summed E-state index contributed by atoms with van der Waals surface area (Å²) in [6.45, 7) is 0. The minimum absolute atomic E-state index is 0.0388. The predicted octanol–water partition coefficient (Wildman–Crippen LogP) is 0.659. The van der Waals surface area contributed by atoms with E-state index in [0.29, 0.717) is 0 Å². The SMILES string of the molecule is NOc1cc(S(=O)O)ccc1F. The predicted molar refractivity (Wildman–Crippen MR) is 40.3 cm³/mol. The van der Waals surface area contributed by atoms with Gasteiger partial charge in [-0.15, -0.1) is 0 Å². The Hall–Kier alpha value is -0.980. The molecular weight excluding hydrogens is 185 g/mol. The molecule has 0 aliphatic rings. The van der Waals surface area contributed by atoms with E-state index in [4.69, 9.17) is 10.4 Å². The maximum Gasteiger partial charge on any atom is 0.186 e. The topological polar surface area (TPSA) is 72.5 Å². The molecule has 1 aromatic rings. The molecule has 0 saturated heterocycles. The Bertz CT molecular complexity index is 318. The lowest BCUT2D eigenvalue weighted by molar-refractivity contribution is 0.314. The number of hydrogen-bond acceptors (Lipinski definition) is 3. The normalized spacial score (nSPS) is 12.6. The molecule has 0 spiro atoms. The van der Waals surface area contributed by atoms with Crippen LogP contribution in [-0.4, -0.2) is 8.76 Å². The summed E-state index contributed by atoms with van der Waals surface area (Å²) in [6.07, 6.45) is 0. The fraction of sp³-hybridized carbons (Fsp3) is 0. The van der Waals surface area contributed by atoms with Gasteiger partial charge in [0.1, 0.15) is 0 Å². The summed E-state index contributed by atoms with van der Waals surface area (Å²) in [4.78, 5) is 4.15. The number of hydrogen-bond donors (Lipinski definition) is 2. The molecule has 4 nitrogen and oxygen atoms in total. The van der Waals surface area contributed by atoms with Gasteiger partial charge in [0.25, 0.3) is 0 Å². The minimum atomic E-state index is -2.15. The summed E-state index contributed by atoms with van der Waals surface area (Å²) in [7, 11) is 0. The lowest BCUT2D eigenvalue weighted by Crippen LogP contribution is -2.04. The van der Waals surface area contributed by atoms with Gasteiger partial charge in [0.2, 0.25) is 0 Å². The summed E-state index contributed by atoms with van der Waals surface area (Å²) in [5.74, 6) is 3.77. The first-order valence-corrected chi connectivity index (χ1v) is 4.03. The molecule has 0 amide bonds. The Morgan fingerprint density at radius 3 is 2.75 bits per heavy atom. The lowest BCUT2D eigenvalue weighted by atomic mass is 10.3. The van der Waals surface area contributed by atoms with Crippen LogP contribution in [-0.2, 0) is 11.1 Å². The van der Waals surface area contributed by atoms with Gasteiger partial charge in [-0.1, -0.05) is 0 Å². The summed E-state index contributed by atoms with van der Waals surface area (Å²) < 4.78 is 31.7. The quantitative estimate of drug-likeness (QED) is 0.532. The van der Waals surface area contributed by atoms with Crippen LogP contribution in [0.25, 0.3) is 0 Å². The van der Waals surface area contributed by atoms with Crippen LogP contribution in [0.1, 0.15) is 0 Å². The molecule has 12 heavy (non-hydrogen) atoms. The van der Waals surface area contributed by atoms with Gasteiger partial charge in [0, 0.05) is 6.07 Å². The number of rotatable bonds is 2. The molecule has 1 aromatic carbocycles. The van der Waals surface area contributed by atoms with Crippen molar-refractivity contribution in [3.05, 3.63) is 24.0 Å². The molecular formula is C6H6FNO3S. The van der Waals surface area contributed by atoms with Crippen molar-refractivity contribution in [3.63, 3.8) is 0 Å². The Labute approximate surface area is 70.4 Å². The van der Waals surface area contributed by atoms with E-state index in [1.807, 2.05) is 0 Å². The zero-order valence-corrected chi connectivity index (χ0v) is 6.68. The monoisotopic (exact) mass is 191 g/mol. The van der Waals surface area contributed by atoms with Crippen LogP contribution < -0.4 is 10.7 Å². The van der Waals surface area contributed by atoms with Crippen LogP contribution in [0.3, 0.4) is 0 Å². The molecule has 66 valence electrons. The van der Waals surface area contributed by atoms with Crippen molar-refractivity contribution in [2.24, 2.45) is 5.90 Å². The van der Waals surface area contributed by atoms with Crippen molar-refractivity contribution in [2.75, 3.05) is 0 Å². The molecule has 1 atom stereocenters. The third-order valence-corrected chi connectivity index (χ3v) is 1.89. The third-order valence-electron chi connectivity index (χ3n) is 1.23. The Balaban J connectivity index is 3.13. The van der Waals surface area contributed by atoms with Gasteiger partial charge in [-0.3, -0.25) is 0 Å². The van der Waals surface area contributed by atoms with E-state index in [9.17, 15) is 8.60 Å². The van der Waals surface area contributed by atoms with Crippen LogP contribution in [0.2, 0.25) is 0 Å². The van der Waals surface area contributed by atoms with Crippen molar-refractivity contribution >= 4 is 11.1 Å². The summed E-state index contributed by atoms with van der Waals surface area (Å²) in [6, 6.07) is 3.24. The maximum absolute atomic E-state index is 12.6. The zero-order chi connectivity index (χ0) is 9.14. The summed E-state index contributed by atoms with van der Waals surface area (Å²) >= 11 is -2.15. The lowest BCUT2D eigenvalue weighted by Gasteiger charge is -2.00. The van der Waals surface area contributed by atoms with E-state index in [2.05, 4.69) is 4.84 Å². The number of halogens is 1. The van der Waals surface area contributed by atoms with Crippen LogP contribution in [0, 0.1) is 5.82 Å². The third kappa shape index (κ3) is 1.79. The molecule has 0 aliphatic carbocycles. The first-order chi connectivity index (χ1) is 5.65. The largest absolute Gasteiger partial charge is 0.408 e. The fourth-order valence-corrected chi connectivity index (χ4v) is 1.07. The number of benzene rings is 1. The maximum atomic E-state index is 12.6. The summed E-state index contributed by atoms with van der Waals surface area (Å²) in [5.41, 5.74) is 0. The van der Waals surface area contributed by atoms with Gasteiger partial charge >= 0.3 is 0 Å². The van der Waals surface area contributed by atoms with E-state index in [0.717, 1.165) is 12.1 Å². The van der Waals surface area contributed by atoms with Crippen LogP contribution in [0.5, 0.6) is 5.75 Å². The van der Waals surface area contributed by atoms with Gasteiger partial charge < -0.3 is 9.39 Å². The van der Waals surface area contributed by atoms with E-state index in [1.165, 1.54) is 6.07 Å². The first-order valence-electron chi connectivity index (χ1n) is 2.92. The zero-order valence-electron chi connectivity index (χ0n) is 5.86. The van der Waals surface area contributed by atoms with Gasteiger partial charge in [-0.05, 0) is 12.1 Å². The van der Waals surface area contributed by atoms with E-state index >= 15 is 0 Å². The molecule has 6 heteroatoms. The Kier molecular flexibility index (Phi) is 2.74. The van der Waals surface area contributed by atoms with Crippen LogP contribution >= 0.6 is 0 Å². The number of nitrogens with two attached hydrogens (primary N) is 1. The van der Waals surface area contributed by atoms with Crippen molar-refractivity contribution in [1.82, 2.24) is 0 Å². The molecule has 3 N–H and O–H groups in total. The smallest absolute Gasteiger partial charge is 0.186 e. The Morgan fingerprint density at radius 2 is 2.25 bits per heavy atom. The minimum Gasteiger partial charge on any atom is -0.408 e. The second kappa shape index (κ2) is 3.61. The Morgan fingerprint density at radius 1 is 1.58 bits per heavy atom. The molecule has 1 unspecified atom stereocenters. The fourth-order valence-electron chi connectivity index (χ4n) is 0.683. The molecule has 0 aromatic heterocycles. The van der Waals surface area contributed by atoms with Crippen molar-refractivity contribution in [3.8, 4) is 5.75 Å². The van der Waals surface area contributed by atoms with Crippen LogP contribution in [0.15, 0.2) is 23.1 Å². The highest BCUT2D eigenvalue weighted by atomic mass is 32.2. The van der Waals surface area contributed by atoms with Gasteiger partial charge in [0.15, 0.2) is 22.6 Å². The van der Waals surface area contributed by atoms with E-state index in [1.54, 1.807) is 0 Å². The van der Waals surface area contributed by atoms with Crippen molar-refractivity contribution in [2.45, 2.75) is 4.90 Å². The van der Waals surface area contributed by atoms with Gasteiger partial charge in [-0.2, -0.15) is 5.90 Å². The van der Waals surface area contributed by atoms with Crippen LogP contribution in [0.4, 0.5) is 4.39 Å². The molecule has 0 saturated carbocycles. The highest BCUT2D eigenvalue weighted by Gasteiger charge is 2.06. The second-order valence-electron chi connectivity index (χ2n) is 1.96. The highest BCUT2D eigenvalue weighted by Crippen LogP contribution is 2.18.